The Labute approximate surface area is 121 Å². The van der Waals surface area contributed by atoms with E-state index in [4.69, 9.17) is 0 Å². The summed E-state index contributed by atoms with van der Waals surface area (Å²) in [6.45, 7) is 5.81. The van der Waals surface area contributed by atoms with Gasteiger partial charge in [-0.25, -0.2) is 8.78 Å². The van der Waals surface area contributed by atoms with Crippen LogP contribution in [0.4, 0.5) is 8.78 Å². The van der Waals surface area contributed by atoms with E-state index in [0.29, 0.717) is 21.8 Å². The summed E-state index contributed by atoms with van der Waals surface area (Å²) in [5.41, 5.74) is 0.185. The highest BCUT2D eigenvalue weighted by atomic mass is 32.2. The molecule has 1 saturated heterocycles. The molecule has 5 heteroatoms. The molecule has 0 amide bonds. The maximum atomic E-state index is 14.0. The number of aliphatic hydroxyl groups is 1. The van der Waals surface area contributed by atoms with Crippen LogP contribution in [0.5, 0.6) is 0 Å². The van der Waals surface area contributed by atoms with Crippen molar-refractivity contribution in [3.63, 3.8) is 0 Å². The highest BCUT2D eigenvalue weighted by Crippen LogP contribution is 2.42. The first-order valence-electron chi connectivity index (χ1n) is 6.31. The van der Waals surface area contributed by atoms with E-state index < -0.39 is 17.7 Å². The zero-order chi connectivity index (χ0) is 14.2. The number of aryl methyl sites for hydroxylation is 1. The number of aliphatic hydroxyl groups excluding tert-OH is 1. The number of thioether (sulfide) groups is 2. The lowest BCUT2D eigenvalue weighted by Gasteiger charge is -2.34. The average molecular weight is 304 g/mol. The summed E-state index contributed by atoms with van der Waals surface area (Å²) in [7, 11) is 0. The summed E-state index contributed by atoms with van der Waals surface area (Å²) in [4.78, 5) is 0. The molecule has 1 N–H and O–H groups in total. The minimum Gasteiger partial charge on any atom is -0.387 e. The van der Waals surface area contributed by atoms with Gasteiger partial charge in [-0.2, -0.15) is 23.5 Å². The Morgan fingerprint density at radius 3 is 2.58 bits per heavy atom. The van der Waals surface area contributed by atoms with Crippen molar-refractivity contribution in [2.45, 2.75) is 42.6 Å². The van der Waals surface area contributed by atoms with Crippen LogP contribution in [0.25, 0.3) is 0 Å². The predicted molar refractivity (Wildman–Crippen MR) is 78.8 cm³/mol. The van der Waals surface area contributed by atoms with E-state index in [0.717, 1.165) is 0 Å². The van der Waals surface area contributed by atoms with Gasteiger partial charge in [0.1, 0.15) is 11.6 Å². The van der Waals surface area contributed by atoms with Crippen LogP contribution in [0, 0.1) is 18.6 Å². The van der Waals surface area contributed by atoms with Gasteiger partial charge in [0.25, 0.3) is 0 Å². The molecular formula is C14H18F2OS2. The van der Waals surface area contributed by atoms with E-state index in [9.17, 15) is 13.9 Å². The molecule has 1 aliphatic heterocycles. The molecule has 1 aromatic rings. The third kappa shape index (κ3) is 3.09. The fourth-order valence-corrected chi connectivity index (χ4v) is 5.09. The van der Waals surface area contributed by atoms with Crippen LogP contribution in [0.1, 0.15) is 31.1 Å². The molecule has 1 aliphatic rings. The van der Waals surface area contributed by atoms with Crippen molar-refractivity contribution in [3.05, 3.63) is 34.9 Å². The highest BCUT2D eigenvalue weighted by molar-refractivity contribution is 8.07. The monoisotopic (exact) mass is 304 g/mol. The van der Waals surface area contributed by atoms with Crippen molar-refractivity contribution in [2.75, 3.05) is 5.75 Å². The van der Waals surface area contributed by atoms with Crippen LogP contribution in [-0.2, 0) is 0 Å². The van der Waals surface area contributed by atoms with Gasteiger partial charge in [0.05, 0.1) is 11.7 Å². The zero-order valence-electron chi connectivity index (χ0n) is 11.2. The molecule has 0 aliphatic carbocycles. The van der Waals surface area contributed by atoms with Crippen LogP contribution in [-0.4, -0.2) is 26.6 Å². The van der Waals surface area contributed by atoms with Gasteiger partial charge < -0.3 is 5.11 Å². The van der Waals surface area contributed by atoms with Crippen LogP contribution >= 0.6 is 23.5 Å². The molecule has 0 bridgehead atoms. The van der Waals surface area contributed by atoms with E-state index in [1.165, 1.54) is 12.1 Å². The van der Waals surface area contributed by atoms with Gasteiger partial charge in [0.2, 0.25) is 0 Å². The molecule has 0 spiro atoms. The minimum absolute atomic E-state index is 0.165. The second-order valence-corrected chi connectivity index (χ2v) is 7.99. The molecule has 4 unspecified atom stereocenters. The van der Waals surface area contributed by atoms with Gasteiger partial charge >= 0.3 is 0 Å². The van der Waals surface area contributed by atoms with Crippen LogP contribution in [0.2, 0.25) is 0 Å². The lowest BCUT2D eigenvalue weighted by atomic mass is 10.0. The molecule has 106 valence electrons. The third-order valence-electron chi connectivity index (χ3n) is 3.54. The van der Waals surface area contributed by atoms with E-state index in [2.05, 4.69) is 13.8 Å². The maximum absolute atomic E-state index is 14.0. The number of halogens is 2. The quantitative estimate of drug-likeness (QED) is 0.894. The van der Waals surface area contributed by atoms with Gasteiger partial charge in [-0.15, -0.1) is 0 Å². The first kappa shape index (κ1) is 15.1. The summed E-state index contributed by atoms with van der Waals surface area (Å²) in [6, 6.07) is 2.62. The molecule has 19 heavy (non-hydrogen) atoms. The Balaban J connectivity index is 2.25. The van der Waals surface area contributed by atoms with E-state index in [1.54, 1.807) is 30.4 Å². The van der Waals surface area contributed by atoms with Crippen LogP contribution in [0.15, 0.2) is 12.1 Å². The molecule has 1 nitrogen and oxygen atoms in total. The SMILES string of the molecule is Cc1ccc(F)c(C(O)C2CSC(C)C(C)S2)c1F. The summed E-state index contributed by atoms with van der Waals surface area (Å²) < 4.78 is 27.8. The smallest absolute Gasteiger partial charge is 0.134 e. The van der Waals surface area contributed by atoms with Gasteiger partial charge in [0, 0.05) is 21.5 Å². The molecule has 2 rings (SSSR count). The Morgan fingerprint density at radius 1 is 1.26 bits per heavy atom. The average Bonchev–Trinajstić information content (AvgIpc) is 2.37. The second-order valence-electron chi connectivity index (χ2n) is 4.95. The molecular weight excluding hydrogens is 286 g/mol. The Morgan fingerprint density at radius 2 is 1.95 bits per heavy atom. The lowest BCUT2D eigenvalue weighted by Crippen LogP contribution is -2.31. The first-order valence-corrected chi connectivity index (χ1v) is 8.30. The summed E-state index contributed by atoms with van der Waals surface area (Å²) >= 11 is 3.36. The van der Waals surface area contributed by atoms with E-state index in [1.807, 2.05) is 0 Å². The number of benzene rings is 1. The van der Waals surface area contributed by atoms with Gasteiger partial charge in [-0.1, -0.05) is 19.9 Å². The first-order chi connectivity index (χ1) is 8.91. The van der Waals surface area contributed by atoms with E-state index in [-0.39, 0.29) is 10.8 Å². The molecule has 1 heterocycles. The Bertz CT molecular complexity index is 467. The Kier molecular flexibility index (Phi) is 4.79. The molecule has 0 aromatic heterocycles. The van der Waals surface area contributed by atoms with E-state index >= 15 is 0 Å². The zero-order valence-corrected chi connectivity index (χ0v) is 12.8. The largest absolute Gasteiger partial charge is 0.387 e. The fraction of sp³-hybridized carbons (Fsp3) is 0.571. The van der Waals surface area contributed by atoms with Crippen molar-refractivity contribution in [1.82, 2.24) is 0 Å². The lowest BCUT2D eigenvalue weighted by molar-refractivity contribution is 0.170. The third-order valence-corrected chi connectivity index (χ3v) is 7.02. The standard InChI is InChI=1S/C14H18F2OS2/c1-7-4-5-10(15)12(13(7)16)14(17)11-6-18-8(2)9(3)19-11/h4-5,8-9,11,14,17H,6H2,1-3H3. The summed E-state index contributed by atoms with van der Waals surface area (Å²) in [6.07, 6.45) is -1.09. The second kappa shape index (κ2) is 6.02. The van der Waals surface area contributed by atoms with Crippen molar-refractivity contribution < 1.29 is 13.9 Å². The van der Waals surface area contributed by atoms with Crippen molar-refractivity contribution >= 4 is 23.5 Å². The molecule has 0 radical (unpaired) electrons. The van der Waals surface area contributed by atoms with Crippen molar-refractivity contribution in [2.24, 2.45) is 0 Å². The predicted octanol–water partition coefficient (Wildman–Crippen LogP) is 3.93. The number of rotatable bonds is 2. The molecule has 1 fully saturated rings. The van der Waals surface area contributed by atoms with Gasteiger partial charge in [-0.3, -0.25) is 0 Å². The maximum Gasteiger partial charge on any atom is 0.134 e. The molecule has 1 aromatic carbocycles. The number of hydrogen-bond acceptors (Lipinski definition) is 3. The van der Waals surface area contributed by atoms with Crippen LogP contribution < -0.4 is 0 Å². The summed E-state index contributed by atoms with van der Waals surface area (Å²) in [5.74, 6) is -0.568. The van der Waals surface area contributed by atoms with Gasteiger partial charge in [0.15, 0.2) is 0 Å². The minimum atomic E-state index is -1.09. The molecule has 0 saturated carbocycles. The normalized spacial score (nSPS) is 29.3. The van der Waals surface area contributed by atoms with Crippen molar-refractivity contribution in [3.8, 4) is 0 Å². The molecule has 4 atom stereocenters. The topological polar surface area (TPSA) is 20.2 Å². The number of hydrogen-bond donors (Lipinski definition) is 1. The Hall–Kier alpha value is -0.260. The van der Waals surface area contributed by atoms with Crippen LogP contribution in [0.3, 0.4) is 0 Å². The summed E-state index contributed by atoms with van der Waals surface area (Å²) in [5, 5.41) is 11.0. The van der Waals surface area contributed by atoms with Gasteiger partial charge in [-0.05, 0) is 18.6 Å². The highest BCUT2D eigenvalue weighted by Gasteiger charge is 2.33. The van der Waals surface area contributed by atoms with Crippen molar-refractivity contribution in [1.29, 1.82) is 0 Å². The fourth-order valence-electron chi connectivity index (χ4n) is 2.11.